The molecule has 72 valence electrons. The number of rotatable bonds is 3. The van der Waals surface area contributed by atoms with Gasteiger partial charge < -0.3 is 9.47 Å². The normalized spacial score (nSPS) is 12.3. The van der Waals surface area contributed by atoms with Crippen molar-refractivity contribution in [3.63, 3.8) is 0 Å². The molecule has 1 unspecified atom stereocenters. The van der Waals surface area contributed by atoms with Crippen molar-refractivity contribution in [1.82, 2.24) is 0 Å². The topological polar surface area (TPSA) is 18.5 Å². The van der Waals surface area contributed by atoms with Gasteiger partial charge in [-0.15, -0.1) is 11.6 Å². The minimum atomic E-state index is -0.266. The fraction of sp³-hybridized carbons (Fsp3) is 0.333. The van der Waals surface area contributed by atoms with Gasteiger partial charge in [-0.05, 0) is 18.2 Å². The molecule has 0 amide bonds. The van der Waals surface area contributed by atoms with Crippen LogP contribution >= 0.6 is 27.5 Å². The summed E-state index contributed by atoms with van der Waals surface area (Å²) in [5, 5.41) is 0. The van der Waals surface area contributed by atoms with Gasteiger partial charge in [-0.3, -0.25) is 0 Å². The Kier molecular flexibility index (Phi) is 3.88. The molecule has 0 N–H and O–H groups in total. The second-order valence-electron chi connectivity index (χ2n) is 2.41. The van der Waals surface area contributed by atoms with Crippen LogP contribution in [0, 0.1) is 0 Å². The lowest BCUT2D eigenvalue weighted by Crippen LogP contribution is -1.92. The molecule has 0 heterocycles. The SMILES string of the molecule is COc1ccc(OC)c(C(Cl)Br)c1. The van der Waals surface area contributed by atoms with E-state index in [2.05, 4.69) is 15.9 Å². The van der Waals surface area contributed by atoms with E-state index >= 15 is 0 Å². The summed E-state index contributed by atoms with van der Waals surface area (Å²) in [7, 11) is 3.22. The Labute approximate surface area is 90.9 Å². The highest BCUT2D eigenvalue weighted by atomic mass is 79.9. The van der Waals surface area contributed by atoms with Gasteiger partial charge >= 0.3 is 0 Å². The lowest BCUT2D eigenvalue weighted by Gasteiger charge is -2.10. The van der Waals surface area contributed by atoms with Crippen LogP contribution in [0.1, 0.15) is 9.85 Å². The van der Waals surface area contributed by atoms with Gasteiger partial charge in [0.2, 0.25) is 0 Å². The molecule has 4 heteroatoms. The molecule has 13 heavy (non-hydrogen) atoms. The van der Waals surface area contributed by atoms with Crippen LogP contribution in [0.25, 0.3) is 0 Å². The second-order valence-corrected chi connectivity index (χ2v) is 4.29. The predicted octanol–water partition coefficient (Wildman–Crippen LogP) is 3.34. The summed E-state index contributed by atoms with van der Waals surface area (Å²) >= 11 is 9.16. The van der Waals surface area contributed by atoms with E-state index in [0.717, 1.165) is 17.1 Å². The maximum absolute atomic E-state index is 5.90. The zero-order chi connectivity index (χ0) is 9.84. The maximum atomic E-state index is 5.90. The molecule has 1 rings (SSSR count). The third-order valence-electron chi connectivity index (χ3n) is 1.67. The first-order valence-electron chi connectivity index (χ1n) is 3.69. The third-order valence-corrected chi connectivity index (χ3v) is 2.40. The van der Waals surface area contributed by atoms with Crippen molar-refractivity contribution in [3.8, 4) is 11.5 Å². The molecular weight excluding hydrogens is 255 g/mol. The second kappa shape index (κ2) is 4.72. The van der Waals surface area contributed by atoms with E-state index in [9.17, 15) is 0 Å². The average Bonchev–Trinajstić information content (AvgIpc) is 2.16. The van der Waals surface area contributed by atoms with Gasteiger partial charge in [0.1, 0.15) is 15.8 Å². The van der Waals surface area contributed by atoms with E-state index in [0.29, 0.717) is 0 Å². The Morgan fingerprint density at radius 3 is 2.46 bits per heavy atom. The lowest BCUT2D eigenvalue weighted by atomic mass is 10.2. The van der Waals surface area contributed by atoms with E-state index in [1.54, 1.807) is 14.2 Å². The fourth-order valence-corrected chi connectivity index (χ4v) is 1.54. The summed E-state index contributed by atoms with van der Waals surface area (Å²) in [5.41, 5.74) is 0.864. The molecule has 0 bridgehead atoms. The summed E-state index contributed by atoms with van der Waals surface area (Å²) in [6, 6.07) is 5.49. The predicted molar refractivity (Wildman–Crippen MR) is 57.1 cm³/mol. The van der Waals surface area contributed by atoms with Crippen LogP contribution in [-0.2, 0) is 0 Å². The number of ether oxygens (including phenoxy) is 2. The lowest BCUT2D eigenvalue weighted by molar-refractivity contribution is 0.400. The van der Waals surface area contributed by atoms with Crippen LogP contribution in [0.15, 0.2) is 18.2 Å². The molecule has 0 aliphatic heterocycles. The van der Waals surface area contributed by atoms with Crippen molar-refractivity contribution in [3.05, 3.63) is 23.8 Å². The van der Waals surface area contributed by atoms with Crippen LogP contribution in [0.5, 0.6) is 11.5 Å². The molecule has 0 saturated carbocycles. The van der Waals surface area contributed by atoms with E-state index in [1.807, 2.05) is 18.2 Å². The summed E-state index contributed by atoms with van der Waals surface area (Å²) in [6.45, 7) is 0. The maximum Gasteiger partial charge on any atom is 0.124 e. The van der Waals surface area contributed by atoms with Crippen molar-refractivity contribution in [1.29, 1.82) is 0 Å². The van der Waals surface area contributed by atoms with Crippen molar-refractivity contribution in [2.24, 2.45) is 0 Å². The van der Waals surface area contributed by atoms with Gasteiger partial charge in [-0.25, -0.2) is 0 Å². The standard InChI is InChI=1S/C9H10BrClO2/c1-12-6-3-4-8(13-2)7(5-6)9(10)11/h3-5,9H,1-2H3. The van der Waals surface area contributed by atoms with Crippen LogP contribution in [0.4, 0.5) is 0 Å². The molecule has 0 saturated heterocycles. The number of methoxy groups -OCH3 is 2. The smallest absolute Gasteiger partial charge is 0.124 e. The summed E-state index contributed by atoms with van der Waals surface area (Å²) in [5.74, 6) is 1.51. The number of benzene rings is 1. The Morgan fingerprint density at radius 1 is 1.31 bits per heavy atom. The van der Waals surface area contributed by atoms with Crippen molar-refractivity contribution in [2.75, 3.05) is 14.2 Å². The zero-order valence-corrected chi connectivity index (χ0v) is 9.72. The van der Waals surface area contributed by atoms with E-state index in [-0.39, 0.29) is 4.29 Å². The number of hydrogen-bond donors (Lipinski definition) is 0. The highest BCUT2D eigenvalue weighted by Gasteiger charge is 2.10. The highest BCUT2D eigenvalue weighted by molar-refractivity contribution is 9.09. The zero-order valence-electron chi connectivity index (χ0n) is 7.38. The molecule has 1 atom stereocenters. The van der Waals surface area contributed by atoms with Crippen LogP contribution in [0.2, 0.25) is 0 Å². The van der Waals surface area contributed by atoms with Gasteiger partial charge in [0.25, 0.3) is 0 Å². The molecule has 0 fully saturated rings. The average molecular weight is 266 g/mol. The Morgan fingerprint density at radius 2 is 2.00 bits per heavy atom. The molecule has 1 aromatic carbocycles. The first kappa shape index (κ1) is 10.7. The largest absolute Gasteiger partial charge is 0.497 e. The Bertz CT molecular complexity index is 289. The fourth-order valence-electron chi connectivity index (χ4n) is 1.01. The van der Waals surface area contributed by atoms with Gasteiger partial charge in [-0.2, -0.15) is 0 Å². The van der Waals surface area contributed by atoms with Crippen molar-refractivity contribution < 1.29 is 9.47 Å². The van der Waals surface area contributed by atoms with Crippen molar-refractivity contribution >= 4 is 27.5 Å². The Balaban J connectivity index is 3.10. The van der Waals surface area contributed by atoms with Crippen LogP contribution < -0.4 is 9.47 Å². The van der Waals surface area contributed by atoms with Gasteiger partial charge in [0, 0.05) is 5.56 Å². The van der Waals surface area contributed by atoms with E-state index in [1.165, 1.54) is 0 Å². The Hall–Kier alpha value is -0.410. The first-order valence-corrected chi connectivity index (χ1v) is 5.04. The van der Waals surface area contributed by atoms with E-state index in [4.69, 9.17) is 21.1 Å². The van der Waals surface area contributed by atoms with Crippen molar-refractivity contribution in [2.45, 2.75) is 4.29 Å². The molecule has 1 aromatic rings. The first-order chi connectivity index (χ1) is 6.19. The molecule has 0 aliphatic carbocycles. The van der Waals surface area contributed by atoms with Gasteiger partial charge in [0.05, 0.1) is 14.2 Å². The molecule has 0 aliphatic rings. The highest BCUT2D eigenvalue weighted by Crippen LogP contribution is 2.36. The molecule has 2 nitrogen and oxygen atoms in total. The number of hydrogen-bond acceptors (Lipinski definition) is 2. The third kappa shape index (κ3) is 2.51. The summed E-state index contributed by atoms with van der Waals surface area (Å²) < 4.78 is 9.94. The number of alkyl halides is 2. The molecular formula is C9H10BrClO2. The van der Waals surface area contributed by atoms with Crippen LogP contribution in [-0.4, -0.2) is 14.2 Å². The summed E-state index contributed by atoms with van der Waals surface area (Å²) in [4.78, 5) is 0. The molecule has 0 radical (unpaired) electrons. The van der Waals surface area contributed by atoms with Crippen LogP contribution in [0.3, 0.4) is 0 Å². The molecule has 0 aromatic heterocycles. The van der Waals surface area contributed by atoms with Gasteiger partial charge in [0.15, 0.2) is 0 Å². The summed E-state index contributed by atoms with van der Waals surface area (Å²) in [6.07, 6.45) is 0. The monoisotopic (exact) mass is 264 g/mol. The number of halogens is 2. The van der Waals surface area contributed by atoms with E-state index < -0.39 is 0 Å². The molecule has 0 spiro atoms. The van der Waals surface area contributed by atoms with Gasteiger partial charge in [-0.1, -0.05) is 15.9 Å². The minimum Gasteiger partial charge on any atom is -0.497 e. The minimum absolute atomic E-state index is 0.266. The quantitative estimate of drug-likeness (QED) is 0.781.